The highest BCUT2D eigenvalue weighted by Crippen LogP contribution is 2.19. The summed E-state index contributed by atoms with van der Waals surface area (Å²) in [5, 5.41) is 6.20. The lowest BCUT2D eigenvalue weighted by atomic mass is 9.93. The summed E-state index contributed by atoms with van der Waals surface area (Å²) in [6.07, 6.45) is 3.76. The van der Waals surface area contributed by atoms with Crippen LogP contribution in [-0.2, 0) is 4.79 Å². The molecule has 20 heavy (non-hydrogen) atoms. The first-order chi connectivity index (χ1) is 9.66. The molecular weight excluding hydrogens is 255 g/mol. The van der Waals surface area contributed by atoms with Crippen molar-refractivity contribution >= 4 is 5.91 Å². The molecule has 110 valence electrons. The van der Waals surface area contributed by atoms with Crippen LogP contribution >= 0.6 is 0 Å². The quantitative estimate of drug-likeness (QED) is 0.869. The highest BCUT2D eigenvalue weighted by molar-refractivity contribution is 5.76. The molecule has 1 atom stereocenters. The molecule has 2 rings (SSSR count). The third kappa shape index (κ3) is 4.30. The van der Waals surface area contributed by atoms with Crippen molar-refractivity contribution in [3.63, 3.8) is 0 Å². The number of hydrogen-bond donors (Lipinski definition) is 2. The highest BCUT2D eigenvalue weighted by Gasteiger charge is 2.16. The number of rotatable bonds is 5. The third-order valence-corrected chi connectivity index (χ3v) is 3.99. The van der Waals surface area contributed by atoms with Gasteiger partial charge in [0.15, 0.2) is 0 Å². The van der Waals surface area contributed by atoms with E-state index in [0.717, 1.165) is 32.4 Å². The molecule has 0 aliphatic carbocycles. The Morgan fingerprint density at radius 2 is 2.10 bits per heavy atom. The van der Waals surface area contributed by atoms with Crippen molar-refractivity contribution < 1.29 is 9.18 Å². The van der Waals surface area contributed by atoms with Crippen LogP contribution in [-0.4, -0.2) is 19.0 Å². The number of piperidine rings is 1. The van der Waals surface area contributed by atoms with Gasteiger partial charge in [0.25, 0.3) is 0 Å². The second kappa shape index (κ2) is 7.39. The first-order valence-electron chi connectivity index (χ1n) is 7.41. The van der Waals surface area contributed by atoms with E-state index in [4.69, 9.17) is 0 Å². The Morgan fingerprint density at radius 3 is 2.80 bits per heavy atom. The van der Waals surface area contributed by atoms with Gasteiger partial charge >= 0.3 is 0 Å². The SMILES string of the molecule is C[C@@H](NC(=O)CCC1CCNCC1)c1ccccc1F. The molecule has 1 amide bonds. The number of carbonyl (C=O) groups is 1. The van der Waals surface area contributed by atoms with Gasteiger partial charge in [0.1, 0.15) is 5.82 Å². The summed E-state index contributed by atoms with van der Waals surface area (Å²) >= 11 is 0. The van der Waals surface area contributed by atoms with E-state index in [1.54, 1.807) is 18.2 Å². The van der Waals surface area contributed by atoms with E-state index in [0.29, 0.717) is 17.9 Å². The minimum atomic E-state index is -0.281. The fourth-order valence-electron chi connectivity index (χ4n) is 2.72. The molecule has 0 bridgehead atoms. The van der Waals surface area contributed by atoms with Crippen LogP contribution in [0.2, 0.25) is 0 Å². The molecule has 2 N–H and O–H groups in total. The molecule has 0 spiro atoms. The predicted octanol–water partition coefficient (Wildman–Crippen LogP) is 2.78. The predicted molar refractivity (Wildman–Crippen MR) is 77.8 cm³/mol. The van der Waals surface area contributed by atoms with Crippen LogP contribution in [0, 0.1) is 11.7 Å². The Morgan fingerprint density at radius 1 is 1.40 bits per heavy atom. The monoisotopic (exact) mass is 278 g/mol. The largest absolute Gasteiger partial charge is 0.349 e. The lowest BCUT2D eigenvalue weighted by Crippen LogP contribution is -2.30. The summed E-state index contributed by atoms with van der Waals surface area (Å²) in [4.78, 5) is 11.9. The van der Waals surface area contributed by atoms with Crippen molar-refractivity contribution in [2.45, 2.75) is 38.6 Å². The van der Waals surface area contributed by atoms with Crippen molar-refractivity contribution in [1.82, 2.24) is 10.6 Å². The fraction of sp³-hybridized carbons (Fsp3) is 0.562. The first kappa shape index (κ1) is 15.0. The average molecular weight is 278 g/mol. The zero-order chi connectivity index (χ0) is 14.4. The van der Waals surface area contributed by atoms with Crippen molar-refractivity contribution in [2.75, 3.05) is 13.1 Å². The highest BCUT2D eigenvalue weighted by atomic mass is 19.1. The summed E-state index contributed by atoms with van der Waals surface area (Å²) in [5.41, 5.74) is 0.544. The van der Waals surface area contributed by atoms with Crippen LogP contribution in [0.4, 0.5) is 4.39 Å². The van der Waals surface area contributed by atoms with Crippen LogP contribution in [0.3, 0.4) is 0 Å². The maximum atomic E-state index is 13.6. The van der Waals surface area contributed by atoms with Gasteiger partial charge in [-0.2, -0.15) is 0 Å². The molecule has 4 heteroatoms. The Labute approximate surface area is 120 Å². The molecule has 1 aliphatic rings. The number of carbonyl (C=O) groups excluding carboxylic acids is 1. The van der Waals surface area contributed by atoms with Gasteiger partial charge in [-0.15, -0.1) is 0 Å². The van der Waals surface area contributed by atoms with Gasteiger partial charge in [-0.05, 0) is 51.3 Å². The van der Waals surface area contributed by atoms with E-state index >= 15 is 0 Å². The van der Waals surface area contributed by atoms with Crippen molar-refractivity contribution in [1.29, 1.82) is 0 Å². The fourth-order valence-corrected chi connectivity index (χ4v) is 2.72. The topological polar surface area (TPSA) is 41.1 Å². The number of nitrogens with one attached hydrogen (secondary N) is 2. The van der Waals surface area contributed by atoms with Crippen LogP contribution < -0.4 is 10.6 Å². The molecule has 3 nitrogen and oxygen atoms in total. The minimum absolute atomic E-state index is 0.0132. The van der Waals surface area contributed by atoms with Gasteiger partial charge in [0, 0.05) is 12.0 Å². The van der Waals surface area contributed by atoms with E-state index in [1.807, 2.05) is 6.92 Å². The minimum Gasteiger partial charge on any atom is -0.349 e. The zero-order valence-corrected chi connectivity index (χ0v) is 12.0. The van der Waals surface area contributed by atoms with Gasteiger partial charge in [-0.1, -0.05) is 18.2 Å². The lowest BCUT2D eigenvalue weighted by Gasteiger charge is -2.22. The van der Waals surface area contributed by atoms with Crippen LogP contribution in [0.5, 0.6) is 0 Å². The molecule has 0 radical (unpaired) electrons. The summed E-state index contributed by atoms with van der Waals surface area (Å²) in [6, 6.07) is 6.30. The standard InChI is InChI=1S/C16H23FN2O/c1-12(14-4-2-3-5-15(14)17)19-16(20)7-6-13-8-10-18-11-9-13/h2-5,12-13,18H,6-11H2,1H3,(H,19,20)/t12-/m1/s1. The normalized spacial score (nSPS) is 17.7. The number of hydrogen-bond acceptors (Lipinski definition) is 2. The number of halogens is 1. The van der Waals surface area contributed by atoms with E-state index < -0.39 is 0 Å². The lowest BCUT2D eigenvalue weighted by molar-refractivity contribution is -0.122. The molecular formula is C16H23FN2O. The van der Waals surface area contributed by atoms with E-state index in [-0.39, 0.29) is 17.8 Å². The summed E-state index contributed by atoms with van der Waals surface area (Å²) in [5.74, 6) is 0.392. The van der Waals surface area contributed by atoms with Gasteiger partial charge in [0.05, 0.1) is 6.04 Å². The molecule has 0 saturated carbocycles. The molecule has 1 saturated heterocycles. The maximum Gasteiger partial charge on any atom is 0.220 e. The smallest absolute Gasteiger partial charge is 0.220 e. The van der Waals surface area contributed by atoms with E-state index in [2.05, 4.69) is 10.6 Å². The molecule has 1 aliphatic heterocycles. The van der Waals surface area contributed by atoms with Crippen LogP contribution in [0.1, 0.15) is 44.2 Å². The van der Waals surface area contributed by atoms with Crippen LogP contribution in [0.25, 0.3) is 0 Å². The van der Waals surface area contributed by atoms with Crippen LogP contribution in [0.15, 0.2) is 24.3 Å². The van der Waals surface area contributed by atoms with Gasteiger partial charge in [0.2, 0.25) is 5.91 Å². The summed E-state index contributed by atoms with van der Waals surface area (Å²) in [6.45, 7) is 3.93. The van der Waals surface area contributed by atoms with Crippen molar-refractivity contribution in [2.24, 2.45) is 5.92 Å². The zero-order valence-electron chi connectivity index (χ0n) is 12.0. The molecule has 1 heterocycles. The van der Waals surface area contributed by atoms with Gasteiger partial charge < -0.3 is 10.6 Å². The number of benzene rings is 1. The Hall–Kier alpha value is -1.42. The molecule has 0 aromatic heterocycles. The van der Waals surface area contributed by atoms with Crippen molar-refractivity contribution in [3.05, 3.63) is 35.6 Å². The average Bonchev–Trinajstić information content (AvgIpc) is 2.46. The van der Waals surface area contributed by atoms with E-state index in [9.17, 15) is 9.18 Å². The molecule has 0 unspecified atom stereocenters. The third-order valence-electron chi connectivity index (χ3n) is 3.99. The van der Waals surface area contributed by atoms with Crippen molar-refractivity contribution in [3.8, 4) is 0 Å². The van der Waals surface area contributed by atoms with Gasteiger partial charge in [-0.25, -0.2) is 4.39 Å². The Bertz CT molecular complexity index is 444. The Balaban J connectivity index is 1.77. The summed E-state index contributed by atoms with van der Waals surface area (Å²) in [7, 11) is 0. The number of amides is 1. The van der Waals surface area contributed by atoms with Gasteiger partial charge in [-0.3, -0.25) is 4.79 Å². The molecule has 1 aromatic carbocycles. The maximum absolute atomic E-state index is 13.6. The molecule has 1 fully saturated rings. The first-order valence-corrected chi connectivity index (χ1v) is 7.41. The molecule has 1 aromatic rings. The summed E-state index contributed by atoms with van der Waals surface area (Å²) < 4.78 is 13.6. The second-order valence-corrected chi connectivity index (χ2v) is 5.54. The van der Waals surface area contributed by atoms with E-state index in [1.165, 1.54) is 6.07 Å². The Kier molecular flexibility index (Phi) is 5.53. The second-order valence-electron chi connectivity index (χ2n) is 5.54.